The second-order valence-corrected chi connectivity index (χ2v) is 18.6. The number of sulfonamides is 1. The lowest BCUT2D eigenvalue weighted by Crippen LogP contribution is -2.62. The molecule has 0 aromatic heterocycles. The normalized spacial score (nSPS) is 17.0. The van der Waals surface area contributed by atoms with Crippen molar-refractivity contribution in [3.05, 3.63) is 0 Å². The second kappa shape index (κ2) is 27.1. The molecule has 0 spiro atoms. The van der Waals surface area contributed by atoms with E-state index >= 15 is 0 Å². The van der Waals surface area contributed by atoms with Crippen LogP contribution in [0.3, 0.4) is 0 Å². The van der Waals surface area contributed by atoms with E-state index in [0.717, 1.165) is 13.8 Å². The van der Waals surface area contributed by atoms with E-state index in [2.05, 4.69) is 37.3 Å². The molecule has 66 heavy (non-hydrogen) atoms. The first kappa shape index (κ1) is 58.3. The number of likely N-dealkylation sites (tertiary alicyclic amines) is 1. The zero-order valence-corrected chi connectivity index (χ0v) is 39.2. The number of amides is 8. The number of carboxylic acid groups (broad SMARTS) is 3. The topological polar surface area (TPSA) is 394 Å². The standard InChI is InChI=1S/C38H62ClN9O17S/c1-8-13-48(66(64,65)17-39)46-35(60)25-10-9-14-47(25)38(63)30(19(4)5)44-36(61)29(18(2)3)43-34(59)24(16-28(55)56)42-32(57)22(11-12-26(51)52)41-37(62)31(20(6)49)45-33(58)23(15-27(53)54)40-21(7)50/h18-20,22-25,29-31,49H,8-17H2,1-7H3,(H,40,50)(H,41,62)(H,42,57)(H,43,59)(H,44,61)(H,45,58)(H,46,60)(H,51,52)(H,53,54)(H,55,56)/t20-,22+,23+,24+,25+,29+,30+,31+/m1/s1. The lowest BCUT2D eigenvalue weighted by molar-refractivity contribution is -0.144. The van der Waals surface area contributed by atoms with Crippen molar-refractivity contribution in [3.63, 3.8) is 0 Å². The molecule has 1 heterocycles. The van der Waals surface area contributed by atoms with Crippen LogP contribution < -0.4 is 37.3 Å². The highest BCUT2D eigenvalue weighted by Gasteiger charge is 2.42. The maximum absolute atomic E-state index is 14.0. The Morgan fingerprint density at radius 2 is 1.15 bits per heavy atom. The molecular formula is C38H62ClN9O17S. The Balaban J connectivity index is 3.37. The third-order valence-electron chi connectivity index (χ3n) is 9.88. The van der Waals surface area contributed by atoms with Crippen LogP contribution in [0.2, 0.25) is 0 Å². The molecule has 11 N–H and O–H groups in total. The van der Waals surface area contributed by atoms with E-state index in [9.17, 15) is 76.5 Å². The van der Waals surface area contributed by atoms with Gasteiger partial charge in [-0.3, -0.25) is 58.2 Å². The number of carboxylic acids is 3. The molecule has 0 bridgehead atoms. The van der Waals surface area contributed by atoms with Crippen LogP contribution in [0.1, 0.15) is 93.4 Å². The van der Waals surface area contributed by atoms with Crippen molar-refractivity contribution in [1.82, 2.24) is 46.6 Å². The Labute approximate surface area is 386 Å². The Hall–Kier alpha value is -5.67. The molecule has 0 aromatic carbocycles. The van der Waals surface area contributed by atoms with Crippen LogP contribution in [0.15, 0.2) is 0 Å². The maximum Gasteiger partial charge on any atom is 0.305 e. The van der Waals surface area contributed by atoms with Gasteiger partial charge in [-0.1, -0.05) is 34.6 Å². The summed E-state index contributed by atoms with van der Waals surface area (Å²) < 4.78 is 25.6. The van der Waals surface area contributed by atoms with Crippen LogP contribution in [0.25, 0.3) is 0 Å². The van der Waals surface area contributed by atoms with Crippen molar-refractivity contribution in [1.29, 1.82) is 0 Å². The summed E-state index contributed by atoms with van der Waals surface area (Å²) in [5.41, 5.74) is 2.32. The molecule has 26 nitrogen and oxygen atoms in total. The van der Waals surface area contributed by atoms with Gasteiger partial charge >= 0.3 is 17.9 Å². The molecule has 1 aliphatic rings. The van der Waals surface area contributed by atoms with E-state index in [1.807, 2.05) is 0 Å². The minimum Gasteiger partial charge on any atom is -0.481 e. The number of halogens is 1. The maximum atomic E-state index is 14.0. The lowest BCUT2D eigenvalue weighted by Gasteiger charge is -2.33. The average Bonchev–Trinajstić information content (AvgIpc) is 3.70. The molecule has 0 aromatic rings. The summed E-state index contributed by atoms with van der Waals surface area (Å²) in [7, 11) is -4.08. The molecule has 28 heteroatoms. The van der Waals surface area contributed by atoms with Gasteiger partial charge in [0, 0.05) is 26.4 Å². The fraction of sp³-hybridized carbons (Fsp3) is 0.711. The third kappa shape index (κ3) is 18.7. The average molecular weight is 984 g/mol. The second-order valence-electron chi connectivity index (χ2n) is 16.1. The Morgan fingerprint density at radius 1 is 0.682 bits per heavy atom. The SMILES string of the molecule is CCCN(NC(=O)[C@@H]1CCCN1C(=O)[C@@H](NC(=O)[C@@H](NC(=O)[C@H](CC(=O)O)NC(=O)[C@H](CCC(=O)O)NC(=O)[C@@H](NC(=O)[C@H](CC(=O)O)NC(C)=O)[C@@H](C)O)C(C)C)C(C)C)S(=O)(=O)CCl. The van der Waals surface area contributed by atoms with Crippen molar-refractivity contribution in [2.45, 2.75) is 142 Å². The molecule has 0 aliphatic carbocycles. The zero-order chi connectivity index (χ0) is 50.8. The first-order valence-corrected chi connectivity index (χ1v) is 23.0. The molecule has 1 aliphatic heterocycles. The summed E-state index contributed by atoms with van der Waals surface area (Å²) >= 11 is 5.59. The van der Waals surface area contributed by atoms with E-state index in [4.69, 9.17) is 16.7 Å². The number of alkyl halides is 1. The summed E-state index contributed by atoms with van der Waals surface area (Å²) in [6, 6.07) is -11.4. The van der Waals surface area contributed by atoms with Crippen molar-refractivity contribution >= 4 is 86.8 Å². The van der Waals surface area contributed by atoms with Crippen LogP contribution in [-0.4, -0.2) is 170 Å². The van der Waals surface area contributed by atoms with Crippen LogP contribution in [0, 0.1) is 11.8 Å². The van der Waals surface area contributed by atoms with E-state index in [-0.39, 0.29) is 19.5 Å². The van der Waals surface area contributed by atoms with Crippen molar-refractivity contribution < 1.29 is 81.6 Å². The highest BCUT2D eigenvalue weighted by molar-refractivity contribution is 7.90. The number of hydrazine groups is 1. The minimum absolute atomic E-state index is 0.0705. The highest BCUT2D eigenvalue weighted by Crippen LogP contribution is 2.21. The van der Waals surface area contributed by atoms with Crippen LogP contribution in [0.5, 0.6) is 0 Å². The molecule has 8 amide bonds. The first-order chi connectivity index (χ1) is 30.6. The summed E-state index contributed by atoms with van der Waals surface area (Å²) in [4.78, 5) is 142. The van der Waals surface area contributed by atoms with Crippen molar-refractivity contribution in [3.8, 4) is 0 Å². The van der Waals surface area contributed by atoms with Gasteiger partial charge in [-0.05, 0) is 44.4 Å². The molecule has 0 unspecified atom stereocenters. The molecule has 8 atom stereocenters. The lowest BCUT2D eigenvalue weighted by atomic mass is 9.98. The Kier molecular flexibility index (Phi) is 23.9. The van der Waals surface area contributed by atoms with Crippen molar-refractivity contribution in [2.24, 2.45) is 11.8 Å². The summed E-state index contributed by atoms with van der Waals surface area (Å²) in [5, 5.41) is 51.0. The van der Waals surface area contributed by atoms with Gasteiger partial charge in [0.15, 0.2) is 0 Å². The predicted molar refractivity (Wildman–Crippen MR) is 230 cm³/mol. The van der Waals surface area contributed by atoms with E-state index in [1.165, 1.54) is 18.7 Å². The Morgan fingerprint density at radius 3 is 1.61 bits per heavy atom. The number of rotatable bonds is 28. The van der Waals surface area contributed by atoms with Crippen LogP contribution in [0.4, 0.5) is 0 Å². The van der Waals surface area contributed by atoms with Crippen molar-refractivity contribution in [2.75, 3.05) is 18.3 Å². The van der Waals surface area contributed by atoms with Gasteiger partial charge < -0.3 is 57.2 Å². The molecule has 0 saturated carbocycles. The number of hydrogen-bond donors (Lipinski definition) is 11. The van der Waals surface area contributed by atoms with Gasteiger partial charge in [0.25, 0.3) is 5.91 Å². The van der Waals surface area contributed by atoms with E-state index in [1.54, 1.807) is 20.8 Å². The number of hydrogen-bond acceptors (Lipinski definition) is 14. The number of carbonyl (C=O) groups excluding carboxylic acids is 8. The highest BCUT2D eigenvalue weighted by atomic mass is 35.5. The fourth-order valence-electron chi connectivity index (χ4n) is 6.49. The van der Waals surface area contributed by atoms with Crippen LogP contribution >= 0.6 is 11.6 Å². The smallest absolute Gasteiger partial charge is 0.305 e. The third-order valence-corrected chi connectivity index (χ3v) is 11.9. The minimum atomic E-state index is -4.08. The Bertz CT molecular complexity index is 1900. The number of nitrogens with one attached hydrogen (secondary N) is 7. The predicted octanol–water partition coefficient (Wildman–Crippen LogP) is -3.32. The summed E-state index contributed by atoms with van der Waals surface area (Å²) in [5.74, 6) is -14.4. The fourth-order valence-corrected chi connectivity index (χ4v) is 7.65. The van der Waals surface area contributed by atoms with E-state index in [0.29, 0.717) is 17.3 Å². The zero-order valence-electron chi connectivity index (χ0n) is 37.6. The first-order valence-electron chi connectivity index (χ1n) is 20.9. The monoisotopic (exact) mass is 983 g/mol. The molecular weight excluding hydrogens is 922 g/mol. The largest absolute Gasteiger partial charge is 0.481 e. The van der Waals surface area contributed by atoms with Gasteiger partial charge in [-0.15, -0.1) is 16.0 Å². The molecule has 1 fully saturated rings. The molecule has 0 radical (unpaired) electrons. The van der Waals surface area contributed by atoms with Gasteiger partial charge in [-0.25, -0.2) is 8.42 Å². The molecule has 1 saturated heterocycles. The van der Waals surface area contributed by atoms with Crippen LogP contribution in [-0.2, 0) is 62.8 Å². The molecule has 374 valence electrons. The quantitative estimate of drug-likeness (QED) is 0.0270. The number of nitrogens with zero attached hydrogens (tertiary/aromatic N) is 2. The molecule has 1 rings (SSSR count). The van der Waals surface area contributed by atoms with Gasteiger partial charge in [0.2, 0.25) is 51.4 Å². The number of aliphatic hydroxyl groups is 1. The summed E-state index contributed by atoms with van der Waals surface area (Å²) in [6.45, 7) is 9.82. The van der Waals surface area contributed by atoms with E-state index < -0.39 is 166 Å². The van der Waals surface area contributed by atoms with Gasteiger partial charge in [0.05, 0.1) is 18.9 Å². The van der Waals surface area contributed by atoms with Gasteiger partial charge in [-0.2, -0.15) is 0 Å². The number of carbonyl (C=O) groups is 11. The number of aliphatic carboxylic acids is 3. The summed E-state index contributed by atoms with van der Waals surface area (Å²) in [6.07, 6.45) is -4.42. The van der Waals surface area contributed by atoms with Gasteiger partial charge in [0.1, 0.15) is 47.5 Å². The number of aliphatic hydroxyl groups excluding tert-OH is 1.